The van der Waals surface area contributed by atoms with Crippen LogP contribution in [0.3, 0.4) is 0 Å². The molecule has 98 valence electrons. The van der Waals surface area contributed by atoms with E-state index in [1.807, 2.05) is 6.92 Å². The lowest BCUT2D eigenvalue weighted by atomic mass is 10.2. The molecule has 0 saturated carbocycles. The number of nitrogens with zero attached hydrogens (tertiary/aromatic N) is 2. The van der Waals surface area contributed by atoms with Crippen LogP contribution in [0.2, 0.25) is 5.02 Å². The molecule has 0 radical (unpaired) electrons. The number of benzene rings is 1. The number of aryl methyl sites for hydroxylation is 1. The summed E-state index contributed by atoms with van der Waals surface area (Å²) in [6.07, 6.45) is 4.37. The van der Waals surface area contributed by atoms with Crippen LogP contribution >= 0.6 is 11.6 Å². The first-order valence-electron chi connectivity index (χ1n) is 5.53. The summed E-state index contributed by atoms with van der Waals surface area (Å²) in [4.78, 5) is 19.7. The minimum absolute atomic E-state index is 0.244. The number of hydrogen-bond acceptors (Lipinski definition) is 4. The van der Waals surface area contributed by atoms with Crippen LogP contribution in [0.1, 0.15) is 16.1 Å². The van der Waals surface area contributed by atoms with Crippen LogP contribution in [-0.2, 0) is 0 Å². The molecule has 0 aliphatic rings. The molecule has 0 unspecified atom stereocenters. The van der Waals surface area contributed by atoms with Crippen LogP contribution in [0.15, 0.2) is 30.7 Å². The molecule has 1 N–H and O–H groups in total. The number of anilines is 1. The summed E-state index contributed by atoms with van der Waals surface area (Å²) in [5, 5.41) is 3.17. The summed E-state index contributed by atoms with van der Waals surface area (Å²) >= 11 is 6.03. The van der Waals surface area contributed by atoms with Gasteiger partial charge in [0.2, 0.25) is 0 Å². The average Bonchev–Trinajstić information content (AvgIpc) is 2.43. The summed E-state index contributed by atoms with van der Waals surface area (Å²) in [6.45, 7) is 1.85. The number of hydrogen-bond donors (Lipinski definition) is 1. The van der Waals surface area contributed by atoms with Gasteiger partial charge < -0.3 is 10.1 Å². The number of nitrogens with one attached hydrogen (secondary N) is 1. The third-order valence-corrected chi connectivity index (χ3v) is 2.84. The van der Waals surface area contributed by atoms with Gasteiger partial charge >= 0.3 is 0 Å². The zero-order valence-corrected chi connectivity index (χ0v) is 11.2. The van der Waals surface area contributed by atoms with Crippen molar-refractivity contribution in [2.24, 2.45) is 0 Å². The molecular formula is C13H12ClN3O2. The van der Waals surface area contributed by atoms with E-state index < -0.39 is 0 Å². The van der Waals surface area contributed by atoms with Crippen LogP contribution in [0.4, 0.5) is 5.69 Å². The molecule has 1 amide bonds. The molecule has 0 aliphatic carbocycles. The number of amides is 1. The maximum Gasteiger partial charge on any atom is 0.275 e. The molecule has 0 bridgehead atoms. The molecule has 6 heteroatoms. The Labute approximate surface area is 115 Å². The van der Waals surface area contributed by atoms with Gasteiger partial charge in [0.25, 0.3) is 5.91 Å². The maximum absolute atomic E-state index is 11.9. The van der Waals surface area contributed by atoms with Gasteiger partial charge in [-0.05, 0) is 24.6 Å². The topological polar surface area (TPSA) is 64.1 Å². The first kappa shape index (κ1) is 13.3. The second kappa shape index (κ2) is 5.67. The van der Waals surface area contributed by atoms with Crippen LogP contribution in [0.5, 0.6) is 5.75 Å². The fraction of sp³-hybridized carbons (Fsp3) is 0.154. The van der Waals surface area contributed by atoms with E-state index in [9.17, 15) is 4.79 Å². The molecule has 1 heterocycles. The highest BCUT2D eigenvalue weighted by Gasteiger charge is 2.11. The number of halogens is 1. The number of methoxy groups -OCH3 is 1. The number of carbonyl (C=O) groups excluding carboxylic acids is 1. The lowest BCUT2D eigenvalue weighted by molar-refractivity contribution is 0.102. The predicted molar refractivity (Wildman–Crippen MR) is 72.7 cm³/mol. The molecule has 2 aromatic rings. The predicted octanol–water partition coefficient (Wildman–Crippen LogP) is 2.70. The van der Waals surface area contributed by atoms with Crippen molar-refractivity contribution >= 4 is 23.2 Å². The Balaban J connectivity index is 2.25. The van der Waals surface area contributed by atoms with Crippen LogP contribution < -0.4 is 10.1 Å². The van der Waals surface area contributed by atoms with E-state index in [0.29, 0.717) is 16.5 Å². The van der Waals surface area contributed by atoms with Crippen LogP contribution in [0, 0.1) is 6.92 Å². The van der Waals surface area contributed by atoms with Gasteiger partial charge in [-0.25, -0.2) is 4.98 Å². The molecule has 2 rings (SSSR count). The summed E-state index contributed by atoms with van der Waals surface area (Å²) in [6, 6.07) is 3.40. The van der Waals surface area contributed by atoms with Gasteiger partial charge in [-0.15, -0.1) is 0 Å². The normalized spacial score (nSPS) is 10.1. The lowest BCUT2D eigenvalue weighted by Gasteiger charge is -2.11. The van der Waals surface area contributed by atoms with Crippen molar-refractivity contribution in [1.29, 1.82) is 0 Å². The third-order valence-electron chi connectivity index (χ3n) is 2.54. The van der Waals surface area contributed by atoms with E-state index in [-0.39, 0.29) is 11.6 Å². The molecule has 0 spiro atoms. The van der Waals surface area contributed by atoms with Crippen molar-refractivity contribution < 1.29 is 9.53 Å². The van der Waals surface area contributed by atoms with Crippen molar-refractivity contribution in [3.8, 4) is 5.75 Å². The molecule has 0 fully saturated rings. The summed E-state index contributed by atoms with van der Waals surface area (Å²) < 4.78 is 5.10. The Morgan fingerprint density at radius 1 is 1.37 bits per heavy atom. The fourth-order valence-corrected chi connectivity index (χ4v) is 1.79. The zero-order chi connectivity index (χ0) is 13.8. The van der Waals surface area contributed by atoms with Gasteiger partial charge in [-0.1, -0.05) is 11.6 Å². The first-order chi connectivity index (χ1) is 9.11. The second-order valence-electron chi connectivity index (χ2n) is 3.85. The molecule has 0 saturated heterocycles. The van der Waals surface area contributed by atoms with Crippen molar-refractivity contribution in [1.82, 2.24) is 9.97 Å². The quantitative estimate of drug-likeness (QED) is 0.937. The van der Waals surface area contributed by atoms with E-state index >= 15 is 0 Å². The Morgan fingerprint density at radius 2 is 2.16 bits per heavy atom. The number of ether oxygens (including phenoxy) is 1. The van der Waals surface area contributed by atoms with Crippen molar-refractivity contribution in [2.45, 2.75) is 6.92 Å². The number of carbonyl (C=O) groups is 1. The van der Waals surface area contributed by atoms with Crippen LogP contribution in [0.25, 0.3) is 0 Å². The Kier molecular flexibility index (Phi) is 3.97. The molecule has 19 heavy (non-hydrogen) atoms. The number of aromatic nitrogens is 2. The molecule has 0 atom stereocenters. The maximum atomic E-state index is 11.9. The monoisotopic (exact) mass is 277 g/mol. The van der Waals surface area contributed by atoms with Crippen molar-refractivity contribution in [3.05, 3.63) is 47.0 Å². The lowest BCUT2D eigenvalue weighted by Crippen LogP contribution is -2.14. The second-order valence-corrected chi connectivity index (χ2v) is 4.25. The summed E-state index contributed by atoms with van der Waals surface area (Å²) in [5.41, 5.74) is 1.70. The van der Waals surface area contributed by atoms with Crippen molar-refractivity contribution in [3.63, 3.8) is 0 Å². The zero-order valence-electron chi connectivity index (χ0n) is 10.5. The highest BCUT2D eigenvalue weighted by molar-refractivity contribution is 6.32. The minimum Gasteiger partial charge on any atom is -0.495 e. The van der Waals surface area contributed by atoms with Gasteiger partial charge in [0.05, 0.1) is 18.3 Å². The molecular weight excluding hydrogens is 266 g/mol. The summed E-state index contributed by atoms with van der Waals surface area (Å²) in [7, 11) is 1.54. The van der Waals surface area contributed by atoms with Gasteiger partial charge in [0, 0.05) is 18.1 Å². The molecule has 5 nitrogen and oxygen atoms in total. The van der Waals surface area contributed by atoms with E-state index in [2.05, 4.69) is 15.3 Å². The third kappa shape index (κ3) is 3.00. The smallest absolute Gasteiger partial charge is 0.275 e. The van der Waals surface area contributed by atoms with Crippen LogP contribution in [-0.4, -0.2) is 23.0 Å². The van der Waals surface area contributed by atoms with Gasteiger partial charge in [-0.2, -0.15) is 0 Å². The van der Waals surface area contributed by atoms with Gasteiger partial charge in [0.15, 0.2) is 0 Å². The van der Waals surface area contributed by atoms with E-state index in [0.717, 1.165) is 5.56 Å². The highest BCUT2D eigenvalue weighted by atomic mass is 35.5. The molecule has 1 aromatic heterocycles. The Hall–Kier alpha value is -2.14. The van der Waals surface area contributed by atoms with E-state index in [1.165, 1.54) is 18.6 Å². The average molecular weight is 278 g/mol. The van der Waals surface area contributed by atoms with Gasteiger partial charge in [-0.3, -0.25) is 9.78 Å². The largest absolute Gasteiger partial charge is 0.495 e. The van der Waals surface area contributed by atoms with Gasteiger partial charge in [0.1, 0.15) is 11.4 Å². The number of rotatable bonds is 3. The Bertz CT molecular complexity index is 602. The van der Waals surface area contributed by atoms with Crippen molar-refractivity contribution in [2.75, 3.05) is 12.4 Å². The minimum atomic E-state index is -0.336. The molecule has 1 aromatic carbocycles. The SMILES string of the molecule is COc1cc(C)c(NC(=O)c2cnccn2)cc1Cl. The summed E-state index contributed by atoms with van der Waals surface area (Å²) in [5.74, 6) is 0.231. The van der Waals surface area contributed by atoms with E-state index in [4.69, 9.17) is 16.3 Å². The molecule has 0 aliphatic heterocycles. The Morgan fingerprint density at radius 3 is 2.79 bits per heavy atom. The van der Waals surface area contributed by atoms with E-state index in [1.54, 1.807) is 19.2 Å². The standard InChI is InChI=1S/C13H12ClN3O2/c1-8-5-12(19-2)9(14)6-10(8)17-13(18)11-7-15-3-4-16-11/h3-7H,1-2H3,(H,17,18). The first-order valence-corrected chi connectivity index (χ1v) is 5.91. The highest BCUT2D eigenvalue weighted by Crippen LogP contribution is 2.30. The fourth-order valence-electron chi connectivity index (χ4n) is 1.55.